The summed E-state index contributed by atoms with van der Waals surface area (Å²) in [6.07, 6.45) is 13.0. The number of hydrogen-bond acceptors (Lipinski definition) is 10. The highest BCUT2D eigenvalue weighted by Crippen LogP contribution is 2.23. The molecule has 3 heterocycles. The van der Waals surface area contributed by atoms with Crippen LogP contribution in [0.2, 0.25) is 0 Å². The number of phenols is 2. The van der Waals surface area contributed by atoms with Crippen molar-refractivity contribution in [2.75, 3.05) is 65.4 Å². The summed E-state index contributed by atoms with van der Waals surface area (Å²) < 4.78 is 0. The van der Waals surface area contributed by atoms with E-state index in [1.807, 2.05) is 60.8 Å². The van der Waals surface area contributed by atoms with Crippen molar-refractivity contribution in [3.63, 3.8) is 0 Å². The van der Waals surface area contributed by atoms with Gasteiger partial charge in [-0.05, 0) is 137 Å². The largest absolute Gasteiger partial charge is 0.507 e. The van der Waals surface area contributed by atoms with Gasteiger partial charge in [0.1, 0.15) is 11.5 Å². The summed E-state index contributed by atoms with van der Waals surface area (Å²) in [5.41, 5.74) is 5.07. The maximum atomic E-state index is 11.1. The third kappa shape index (κ3) is 13.2. The Hall–Kier alpha value is -3.96. The molecule has 0 saturated carbocycles. The van der Waals surface area contributed by atoms with E-state index in [2.05, 4.69) is 44.8 Å². The number of aliphatic imine (C=N–C) groups is 4. The molecule has 8 nitrogen and oxygen atoms in total. The molecule has 5 rings (SSSR count). The zero-order chi connectivity index (χ0) is 36.4. The Kier molecular flexibility index (Phi) is 16.3. The first kappa shape index (κ1) is 39.3. The zero-order valence-corrected chi connectivity index (χ0v) is 32.4. The molecule has 1 aliphatic heterocycles. The molecule has 0 fully saturated rings. The van der Waals surface area contributed by atoms with Crippen LogP contribution in [-0.4, -0.2) is 110 Å². The molecular weight excluding hydrogens is 685 g/mol. The number of hydrogen-bond donors (Lipinski definition) is 2. The van der Waals surface area contributed by atoms with Crippen molar-refractivity contribution in [3.05, 3.63) is 102 Å². The molecule has 2 aromatic carbocycles. The maximum absolute atomic E-state index is 11.1. The van der Waals surface area contributed by atoms with Gasteiger partial charge in [0, 0.05) is 96.1 Å². The molecule has 276 valence electrons. The van der Waals surface area contributed by atoms with E-state index in [-0.39, 0.29) is 11.5 Å². The van der Waals surface area contributed by atoms with E-state index in [0.29, 0.717) is 26.2 Å². The van der Waals surface area contributed by atoms with Gasteiger partial charge >= 0.3 is 0 Å². The summed E-state index contributed by atoms with van der Waals surface area (Å²) in [6, 6.07) is 16.6. The number of aromatic hydroxyl groups is 2. The fraction of sp³-hybridized carbons (Fsp3) is 0.429. The highest BCUT2D eigenvalue weighted by molar-refractivity contribution is 7.10. The van der Waals surface area contributed by atoms with E-state index < -0.39 is 0 Å². The summed E-state index contributed by atoms with van der Waals surface area (Å²) in [7, 11) is 0. The molecular formula is C42H54N6O2S2. The molecule has 2 N–H and O–H groups in total. The molecule has 0 spiro atoms. The fourth-order valence-electron chi connectivity index (χ4n) is 6.38. The van der Waals surface area contributed by atoms with Crippen LogP contribution in [0.1, 0.15) is 68.8 Å². The third-order valence-corrected chi connectivity index (χ3v) is 11.0. The molecule has 0 amide bonds. The molecule has 0 saturated heterocycles. The topological polar surface area (TPSA) is 96.4 Å². The Morgan fingerprint density at radius 2 is 0.865 bits per heavy atom. The van der Waals surface area contributed by atoms with E-state index >= 15 is 0 Å². The standard InChI is InChI=1S/C42H54N6O2S2/c1-33-25-35-29-43-13-5-17-47(21-11-39-9-3-23-51-39)19-7-15-45-31-37-27-34(2)28-38(42(37)50)32-46-16-8-20-48(22-12-40-10-4-24-52-40)18-6-14-44-30-36(26-33)41(35)49/h3-4,9-10,23-32,49-50H,5-8,11-22H2,1-2H3. The van der Waals surface area contributed by atoms with Crippen molar-refractivity contribution in [2.24, 2.45) is 20.0 Å². The first-order valence-corrected chi connectivity index (χ1v) is 20.4. The highest BCUT2D eigenvalue weighted by atomic mass is 32.1. The van der Waals surface area contributed by atoms with Gasteiger partial charge in [0.2, 0.25) is 0 Å². The lowest BCUT2D eigenvalue weighted by Gasteiger charge is -2.21. The van der Waals surface area contributed by atoms with Gasteiger partial charge in [-0.2, -0.15) is 0 Å². The van der Waals surface area contributed by atoms with E-state index in [9.17, 15) is 10.2 Å². The SMILES string of the molecule is Cc1cc2c(O)c(c1)C=NCCCN(CCc1cccs1)CCCN=Cc1cc(C)cc(c1O)C=NCCCN(CCc1cccs1)CCCN=C2. The van der Waals surface area contributed by atoms with E-state index in [1.54, 1.807) is 24.9 Å². The number of phenolic OH excluding ortho intramolecular Hbond substituents is 2. The second kappa shape index (κ2) is 21.5. The molecule has 10 heteroatoms. The van der Waals surface area contributed by atoms with Crippen molar-refractivity contribution in [1.29, 1.82) is 0 Å². The van der Waals surface area contributed by atoms with Gasteiger partial charge < -0.3 is 20.0 Å². The number of aryl methyl sites for hydroxylation is 2. The van der Waals surface area contributed by atoms with Crippen LogP contribution in [0, 0.1) is 13.8 Å². The Morgan fingerprint density at radius 3 is 1.15 bits per heavy atom. The summed E-state index contributed by atoms with van der Waals surface area (Å²) in [5.74, 6) is 0.467. The van der Waals surface area contributed by atoms with Gasteiger partial charge in [-0.15, -0.1) is 22.7 Å². The molecule has 0 unspecified atom stereocenters. The summed E-state index contributed by atoms with van der Waals surface area (Å²) >= 11 is 3.61. The molecule has 0 atom stereocenters. The molecule has 2 aromatic heterocycles. The molecule has 0 radical (unpaired) electrons. The minimum absolute atomic E-state index is 0.233. The summed E-state index contributed by atoms with van der Waals surface area (Å²) in [5, 5.41) is 26.4. The Morgan fingerprint density at radius 1 is 0.538 bits per heavy atom. The lowest BCUT2D eigenvalue weighted by Crippen LogP contribution is -2.29. The van der Waals surface area contributed by atoms with Gasteiger partial charge in [-0.25, -0.2) is 0 Å². The van der Waals surface area contributed by atoms with Gasteiger partial charge in [0.25, 0.3) is 0 Å². The Labute approximate surface area is 318 Å². The lowest BCUT2D eigenvalue weighted by molar-refractivity contribution is 0.274. The zero-order valence-electron chi connectivity index (χ0n) is 30.8. The highest BCUT2D eigenvalue weighted by Gasteiger charge is 2.10. The number of benzene rings is 2. The molecule has 1 aliphatic rings. The molecule has 0 aliphatic carbocycles. The first-order valence-electron chi connectivity index (χ1n) is 18.6. The van der Waals surface area contributed by atoms with Gasteiger partial charge in [-0.3, -0.25) is 20.0 Å². The van der Waals surface area contributed by atoms with Crippen molar-refractivity contribution in [1.82, 2.24) is 9.80 Å². The third-order valence-electron chi connectivity index (χ3n) is 9.10. The van der Waals surface area contributed by atoms with Crippen LogP contribution < -0.4 is 0 Å². The van der Waals surface area contributed by atoms with E-state index in [4.69, 9.17) is 20.0 Å². The van der Waals surface area contributed by atoms with Gasteiger partial charge in [0.05, 0.1) is 0 Å². The van der Waals surface area contributed by atoms with Crippen LogP contribution in [0.5, 0.6) is 11.5 Å². The average molecular weight is 739 g/mol. The monoisotopic (exact) mass is 738 g/mol. The van der Waals surface area contributed by atoms with Crippen LogP contribution in [-0.2, 0) is 12.8 Å². The number of nitrogens with zero attached hydrogens (tertiary/aromatic N) is 6. The van der Waals surface area contributed by atoms with E-state index in [1.165, 1.54) is 9.75 Å². The maximum Gasteiger partial charge on any atom is 0.133 e. The lowest BCUT2D eigenvalue weighted by atomic mass is 10.1. The van der Waals surface area contributed by atoms with Crippen LogP contribution in [0.25, 0.3) is 0 Å². The normalized spacial score (nSPS) is 16.5. The number of rotatable bonds is 6. The predicted octanol–water partition coefficient (Wildman–Crippen LogP) is 7.88. The van der Waals surface area contributed by atoms with Gasteiger partial charge in [0.15, 0.2) is 0 Å². The number of fused-ring (bicyclic) bond motifs is 4. The Balaban J connectivity index is 1.28. The fourth-order valence-corrected chi connectivity index (χ4v) is 7.77. The van der Waals surface area contributed by atoms with Crippen molar-refractivity contribution >= 4 is 47.5 Å². The first-order chi connectivity index (χ1) is 25.4. The molecule has 4 bridgehead atoms. The van der Waals surface area contributed by atoms with Crippen molar-refractivity contribution in [2.45, 2.75) is 52.4 Å². The number of thiophene rings is 2. The summed E-state index contributed by atoms with van der Waals surface area (Å²) in [4.78, 5) is 26.6. The smallest absolute Gasteiger partial charge is 0.133 e. The average Bonchev–Trinajstić information content (AvgIpc) is 3.86. The van der Waals surface area contributed by atoms with E-state index in [0.717, 1.165) is 111 Å². The van der Waals surface area contributed by atoms with Crippen LogP contribution in [0.15, 0.2) is 79.3 Å². The molecule has 4 aromatic rings. The second-order valence-electron chi connectivity index (χ2n) is 13.5. The van der Waals surface area contributed by atoms with Crippen molar-refractivity contribution in [3.8, 4) is 11.5 Å². The summed E-state index contributed by atoms with van der Waals surface area (Å²) in [6.45, 7) is 12.6. The van der Waals surface area contributed by atoms with Crippen LogP contribution in [0.3, 0.4) is 0 Å². The van der Waals surface area contributed by atoms with Crippen LogP contribution in [0.4, 0.5) is 0 Å². The molecule has 52 heavy (non-hydrogen) atoms. The Bertz CT molecular complexity index is 1550. The van der Waals surface area contributed by atoms with Gasteiger partial charge in [-0.1, -0.05) is 12.1 Å². The quantitative estimate of drug-likeness (QED) is 0.211. The van der Waals surface area contributed by atoms with Crippen LogP contribution >= 0.6 is 22.7 Å². The van der Waals surface area contributed by atoms with Crippen molar-refractivity contribution < 1.29 is 10.2 Å². The minimum Gasteiger partial charge on any atom is -0.507 e. The second-order valence-corrected chi connectivity index (χ2v) is 15.5. The predicted molar refractivity (Wildman–Crippen MR) is 223 cm³/mol. The minimum atomic E-state index is 0.233.